The molecule has 0 rings (SSSR count). The second-order valence-electron chi connectivity index (χ2n) is 3.06. The molecule has 0 amide bonds. The minimum atomic E-state index is 0.693. The Morgan fingerprint density at radius 3 is 2.50 bits per heavy atom. The van der Waals surface area contributed by atoms with Crippen LogP contribution in [0.1, 0.15) is 19.8 Å². The fourth-order valence-electron chi connectivity index (χ4n) is 1.03. The summed E-state index contributed by atoms with van der Waals surface area (Å²) in [6.45, 7) is 7.63. The van der Waals surface area contributed by atoms with Gasteiger partial charge < -0.3 is 20.5 Å². The number of rotatable bonds is 11. The Bertz CT molecular complexity index is 90.1. The zero-order valence-corrected chi connectivity index (χ0v) is 9.26. The molecule has 0 aliphatic rings. The van der Waals surface area contributed by atoms with Crippen LogP contribution in [-0.2, 0) is 9.47 Å². The fraction of sp³-hybridized carbons (Fsp3) is 1.00. The Labute approximate surface area is 87.1 Å². The van der Waals surface area contributed by atoms with Crippen LogP contribution in [-0.4, -0.2) is 46.1 Å². The molecule has 0 radical (unpaired) electrons. The molecule has 0 spiro atoms. The van der Waals surface area contributed by atoms with Gasteiger partial charge in [0, 0.05) is 13.2 Å². The quantitative estimate of drug-likeness (QED) is 0.477. The maximum atomic E-state index is 5.37. The molecular formula is C10H24N2O2. The van der Waals surface area contributed by atoms with Gasteiger partial charge in [0.2, 0.25) is 0 Å². The molecule has 0 fully saturated rings. The van der Waals surface area contributed by atoms with E-state index in [0.29, 0.717) is 13.2 Å². The highest BCUT2D eigenvalue weighted by molar-refractivity contribution is 4.47. The summed E-state index contributed by atoms with van der Waals surface area (Å²) in [7, 11) is 0. The zero-order chi connectivity index (χ0) is 10.5. The predicted octanol–water partition coefficient (Wildman–Crippen LogP) is 0.368. The Morgan fingerprint density at radius 1 is 1.00 bits per heavy atom. The minimum Gasteiger partial charge on any atom is -0.379 e. The maximum Gasteiger partial charge on any atom is 0.0701 e. The van der Waals surface area contributed by atoms with Crippen LogP contribution in [0.15, 0.2) is 0 Å². The zero-order valence-electron chi connectivity index (χ0n) is 9.26. The molecule has 0 saturated carbocycles. The number of hydrogen-bond acceptors (Lipinski definition) is 4. The summed E-state index contributed by atoms with van der Waals surface area (Å²) >= 11 is 0. The van der Waals surface area contributed by atoms with Crippen molar-refractivity contribution in [3.8, 4) is 0 Å². The first-order valence-electron chi connectivity index (χ1n) is 5.48. The summed E-state index contributed by atoms with van der Waals surface area (Å²) in [6.07, 6.45) is 2.24. The first kappa shape index (κ1) is 13.8. The van der Waals surface area contributed by atoms with Gasteiger partial charge in [0.15, 0.2) is 0 Å². The van der Waals surface area contributed by atoms with Crippen LogP contribution in [0.2, 0.25) is 0 Å². The third-order valence-corrected chi connectivity index (χ3v) is 1.81. The third kappa shape index (κ3) is 11.8. The van der Waals surface area contributed by atoms with E-state index in [4.69, 9.17) is 15.2 Å². The highest BCUT2D eigenvalue weighted by Crippen LogP contribution is 1.82. The molecule has 4 heteroatoms. The lowest BCUT2D eigenvalue weighted by Crippen LogP contribution is -2.22. The average molecular weight is 204 g/mol. The minimum absolute atomic E-state index is 0.693. The lowest BCUT2D eigenvalue weighted by molar-refractivity contribution is 0.0540. The molecule has 4 nitrogen and oxygen atoms in total. The van der Waals surface area contributed by atoms with E-state index in [9.17, 15) is 0 Å². The molecule has 0 unspecified atom stereocenters. The molecule has 0 atom stereocenters. The van der Waals surface area contributed by atoms with E-state index in [1.54, 1.807) is 0 Å². The van der Waals surface area contributed by atoms with Gasteiger partial charge in [-0.1, -0.05) is 0 Å². The summed E-state index contributed by atoms with van der Waals surface area (Å²) in [4.78, 5) is 0. The highest BCUT2D eigenvalue weighted by Gasteiger charge is 1.89. The van der Waals surface area contributed by atoms with Gasteiger partial charge in [-0.15, -0.1) is 0 Å². The van der Waals surface area contributed by atoms with Crippen LogP contribution in [0, 0.1) is 0 Å². The standard InChI is InChI=1S/C10H24N2O2/c1-2-13-9-10-14-8-7-12-6-4-3-5-11/h12H,2-11H2,1H3. The van der Waals surface area contributed by atoms with E-state index in [1.807, 2.05) is 6.92 Å². The van der Waals surface area contributed by atoms with Crippen molar-refractivity contribution >= 4 is 0 Å². The van der Waals surface area contributed by atoms with Crippen molar-refractivity contribution < 1.29 is 9.47 Å². The molecule has 0 aromatic carbocycles. The number of nitrogens with two attached hydrogens (primary N) is 1. The Hall–Kier alpha value is -0.160. The van der Waals surface area contributed by atoms with E-state index < -0.39 is 0 Å². The summed E-state index contributed by atoms with van der Waals surface area (Å²) in [5.74, 6) is 0. The highest BCUT2D eigenvalue weighted by atomic mass is 16.5. The molecule has 0 aromatic rings. The lowest BCUT2D eigenvalue weighted by atomic mass is 10.3. The number of hydrogen-bond donors (Lipinski definition) is 2. The van der Waals surface area contributed by atoms with Gasteiger partial charge in [0.05, 0.1) is 19.8 Å². The van der Waals surface area contributed by atoms with Gasteiger partial charge in [-0.05, 0) is 32.9 Å². The number of nitrogens with one attached hydrogen (secondary N) is 1. The molecule has 0 aliphatic heterocycles. The van der Waals surface area contributed by atoms with E-state index in [-0.39, 0.29) is 0 Å². The van der Waals surface area contributed by atoms with Gasteiger partial charge in [-0.25, -0.2) is 0 Å². The fourth-order valence-corrected chi connectivity index (χ4v) is 1.03. The first-order valence-corrected chi connectivity index (χ1v) is 5.48. The van der Waals surface area contributed by atoms with Crippen LogP contribution < -0.4 is 11.1 Å². The molecule has 14 heavy (non-hydrogen) atoms. The topological polar surface area (TPSA) is 56.5 Å². The van der Waals surface area contributed by atoms with E-state index >= 15 is 0 Å². The van der Waals surface area contributed by atoms with Crippen LogP contribution in [0.25, 0.3) is 0 Å². The van der Waals surface area contributed by atoms with Gasteiger partial charge in [0.1, 0.15) is 0 Å². The summed E-state index contributed by atoms with van der Waals surface area (Å²) in [5.41, 5.74) is 5.37. The van der Waals surface area contributed by atoms with Crippen molar-refractivity contribution in [1.82, 2.24) is 5.32 Å². The van der Waals surface area contributed by atoms with Crippen molar-refractivity contribution in [3.05, 3.63) is 0 Å². The average Bonchev–Trinajstić information content (AvgIpc) is 2.21. The smallest absolute Gasteiger partial charge is 0.0701 e. The van der Waals surface area contributed by atoms with Crippen LogP contribution in [0.5, 0.6) is 0 Å². The molecule has 0 saturated heterocycles. The third-order valence-electron chi connectivity index (χ3n) is 1.81. The second kappa shape index (κ2) is 12.8. The summed E-state index contributed by atoms with van der Waals surface area (Å²) in [5, 5.41) is 3.29. The normalized spacial score (nSPS) is 10.7. The van der Waals surface area contributed by atoms with Crippen molar-refractivity contribution in [2.75, 3.05) is 46.1 Å². The van der Waals surface area contributed by atoms with Crippen molar-refractivity contribution in [2.24, 2.45) is 5.73 Å². The Morgan fingerprint density at radius 2 is 1.79 bits per heavy atom. The van der Waals surface area contributed by atoms with E-state index in [1.165, 1.54) is 0 Å². The van der Waals surface area contributed by atoms with Crippen molar-refractivity contribution in [3.63, 3.8) is 0 Å². The monoisotopic (exact) mass is 204 g/mol. The summed E-state index contributed by atoms with van der Waals surface area (Å²) in [6, 6.07) is 0. The molecule has 0 heterocycles. The predicted molar refractivity (Wildman–Crippen MR) is 58.5 cm³/mol. The number of ether oxygens (including phenoxy) is 2. The van der Waals surface area contributed by atoms with Crippen molar-refractivity contribution in [2.45, 2.75) is 19.8 Å². The Balaban J connectivity index is 2.78. The van der Waals surface area contributed by atoms with Gasteiger partial charge in [-0.2, -0.15) is 0 Å². The SMILES string of the molecule is CCOCCOCCNCCCCN. The largest absolute Gasteiger partial charge is 0.379 e. The maximum absolute atomic E-state index is 5.37. The van der Waals surface area contributed by atoms with E-state index in [0.717, 1.165) is 45.7 Å². The summed E-state index contributed by atoms with van der Waals surface area (Å²) < 4.78 is 10.5. The van der Waals surface area contributed by atoms with Crippen LogP contribution in [0.3, 0.4) is 0 Å². The van der Waals surface area contributed by atoms with Gasteiger partial charge >= 0.3 is 0 Å². The molecule has 86 valence electrons. The molecule has 0 bridgehead atoms. The van der Waals surface area contributed by atoms with Gasteiger partial charge in [0.25, 0.3) is 0 Å². The molecule has 0 aliphatic carbocycles. The second-order valence-corrected chi connectivity index (χ2v) is 3.06. The number of unbranched alkanes of at least 4 members (excludes halogenated alkanes) is 1. The Kier molecular flexibility index (Phi) is 12.7. The van der Waals surface area contributed by atoms with Crippen molar-refractivity contribution in [1.29, 1.82) is 0 Å². The van der Waals surface area contributed by atoms with Gasteiger partial charge in [-0.3, -0.25) is 0 Å². The molecule has 3 N–H and O–H groups in total. The lowest BCUT2D eigenvalue weighted by Gasteiger charge is -2.05. The molecule has 0 aromatic heterocycles. The van der Waals surface area contributed by atoms with Crippen LogP contribution >= 0.6 is 0 Å². The first-order chi connectivity index (χ1) is 6.91. The molecular weight excluding hydrogens is 180 g/mol. The van der Waals surface area contributed by atoms with Crippen LogP contribution in [0.4, 0.5) is 0 Å². The van der Waals surface area contributed by atoms with E-state index in [2.05, 4.69) is 5.32 Å².